The molecule has 1 heterocycles. The molecule has 4 aromatic rings. The van der Waals surface area contributed by atoms with Crippen LogP contribution in [0, 0.1) is 10.1 Å². The van der Waals surface area contributed by atoms with E-state index >= 15 is 0 Å². The van der Waals surface area contributed by atoms with E-state index < -0.39 is 0 Å². The molecule has 0 saturated heterocycles. The average Bonchev–Trinajstić information content (AvgIpc) is 3.09. The molecule has 0 spiro atoms. The molecule has 0 aliphatic rings. The topological polar surface area (TPSA) is 58.9 Å². The normalized spacial score (nSPS) is 12.5. The lowest BCUT2D eigenvalue weighted by Gasteiger charge is -2.16. The SMILES string of the molecule is CCc1cccc2c(C(C[N+](=O)[O-])c3cccc4ccccc34)c[nH]c12. The highest BCUT2D eigenvalue weighted by Crippen LogP contribution is 2.35. The van der Waals surface area contributed by atoms with Crippen LogP contribution < -0.4 is 0 Å². The molecule has 4 rings (SSSR count). The smallest absolute Gasteiger partial charge is 0.214 e. The second-order valence-electron chi connectivity index (χ2n) is 6.57. The van der Waals surface area contributed by atoms with E-state index in [1.165, 1.54) is 5.56 Å². The van der Waals surface area contributed by atoms with Gasteiger partial charge in [-0.25, -0.2) is 0 Å². The van der Waals surface area contributed by atoms with Crippen molar-refractivity contribution in [2.75, 3.05) is 6.54 Å². The third-order valence-electron chi connectivity index (χ3n) is 5.12. The van der Waals surface area contributed by atoms with Gasteiger partial charge in [-0.2, -0.15) is 0 Å². The van der Waals surface area contributed by atoms with Gasteiger partial charge in [-0.3, -0.25) is 10.1 Å². The fraction of sp³-hybridized carbons (Fsp3) is 0.182. The molecule has 1 atom stereocenters. The molecule has 1 aromatic heterocycles. The zero-order valence-electron chi connectivity index (χ0n) is 14.6. The van der Waals surface area contributed by atoms with Crippen LogP contribution in [0.1, 0.15) is 29.5 Å². The number of aromatic nitrogens is 1. The van der Waals surface area contributed by atoms with Crippen LogP contribution in [0.3, 0.4) is 0 Å². The van der Waals surface area contributed by atoms with Gasteiger partial charge in [-0.1, -0.05) is 67.6 Å². The molecule has 0 fully saturated rings. The lowest BCUT2D eigenvalue weighted by molar-refractivity contribution is -0.481. The van der Waals surface area contributed by atoms with E-state index in [0.29, 0.717) is 0 Å². The van der Waals surface area contributed by atoms with Gasteiger partial charge in [0.1, 0.15) is 0 Å². The number of H-pyrrole nitrogens is 1. The van der Waals surface area contributed by atoms with Crippen LogP contribution >= 0.6 is 0 Å². The van der Waals surface area contributed by atoms with Crippen molar-refractivity contribution >= 4 is 21.7 Å². The van der Waals surface area contributed by atoms with E-state index in [9.17, 15) is 10.1 Å². The van der Waals surface area contributed by atoms with Crippen molar-refractivity contribution < 1.29 is 4.92 Å². The zero-order chi connectivity index (χ0) is 18.1. The Kier molecular flexibility index (Phi) is 4.17. The van der Waals surface area contributed by atoms with E-state index in [4.69, 9.17) is 0 Å². The Balaban J connectivity index is 1.95. The number of aryl methyl sites for hydroxylation is 1. The number of fused-ring (bicyclic) bond motifs is 2. The first kappa shape index (κ1) is 16.3. The second-order valence-corrected chi connectivity index (χ2v) is 6.57. The van der Waals surface area contributed by atoms with E-state index in [1.54, 1.807) is 0 Å². The molecule has 0 bridgehead atoms. The van der Waals surface area contributed by atoms with E-state index in [1.807, 2.05) is 54.7 Å². The largest absolute Gasteiger partial charge is 0.361 e. The van der Waals surface area contributed by atoms with Crippen LogP contribution in [-0.2, 0) is 6.42 Å². The Morgan fingerprint density at radius 2 is 1.69 bits per heavy atom. The Morgan fingerprint density at radius 3 is 2.50 bits per heavy atom. The number of benzene rings is 3. The molecule has 26 heavy (non-hydrogen) atoms. The quantitative estimate of drug-likeness (QED) is 0.395. The minimum absolute atomic E-state index is 0.128. The van der Waals surface area contributed by atoms with Crippen LogP contribution in [0.5, 0.6) is 0 Å². The summed E-state index contributed by atoms with van der Waals surface area (Å²) >= 11 is 0. The second kappa shape index (κ2) is 6.64. The highest BCUT2D eigenvalue weighted by Gasteiger charge is 2.25. The molecule has 0 aliphatic heterocycles. The molecule has 1 unspecified atom stereocenters. The van der Waals surface area contributed by atoms with Gasteiger partial charge in [-0.15, -0.1) is 0 Å². The van der Waals surface area contributed by atoms with Gasteiger partial charge in [0.2, 0.25) is 6.54 Å². The van der Waals surface area contributed by atoms with Crippen LogP contribution in [0.15, 0.2) is 66.9 Å². The van der Waals surface area contributed by atoms with Gasteiger partial charge in [0, 0.05) is 22.0 Å². The van der Waals surface area contributed by atoms with Crippen molar-refractivity contribution in [1.82, 2.24) is 4.98 Å². The summed E-state index contributed by atoms with van der Waals surface area (Å²) in [6, 6.07) is 20.3. The Bertz CT molecular complexity index is 1090. The number of para-hydroxylation sites is 1. The summed E-state index contributed by atoms with van der Waals surface area (Å²) in [6.45, 7) is 1.99. The fourth-order valence-corrected chi connectivity index (χ4v) is 3.89. The summed E-state index contributed by atoms with van der Waals surface area (Å²) in [6.07, 6.45) is 2.87. The zero-order valence-corrected chi connectivity index (χ0v) is 14.6. The third kappa shape index (κ3) is 2.73. The molecule has 4 heteroatoms. The first-order chi connectivity index (χ1) is 12.7. The summed E-state index contributed by atoms with van der Waals surface area (Å²) in [4.78, 5) is 14.6. The summed E-state index contributed by atoms with van der Waals surface area (Å²) in [5, 5.41) is 14.7. The molecule has 0 saturated carbocycles. The highest BCUT2D eigenvalue weighted by atomic mass is 16.6. The van der Waals surface area contributed by atoms with Gasteiger partial charge >= 0.3 is 0 Å². The molecular weight excluding hydrogens is 324 g/mol. The first-order valence-corrected chi connectivity index (χ1v) is 8.87. The van der Waals surface area contributed by atoms with Gasteiger partial charge < -0.3 is 4.98 Å². The van der Waals surface area contributed by atoms with Crippen molar-refractivity contribution in [2.24, 2.45) is 0 Å². The minimum Gasteiger partial charge on any atom is -0.361 e. The predicted octanol–water partition coefficient (Wildman–Crippen LogP) is 5.29. The molecule has 130 valence electrons. The highest BCUT2D eigenvalue weighted by molar-refractivity contribution is 5.90. The van der Waals surface area contributed by atoms with Crippen LogP contribution in [0.25, 0.3) is 21.7 Å². The summed E-state index contributed by atoms with van der Waals surface area (Å²) in [7, 11) is 0. The average molecular weight is 344 g/mol. The molecule has 3 aromatic carbocycles. The standard InChI is InChI=1S/C22H20N2O2/c1-2-15-8-5-12-19-20(13-23-22(15)19)21(14-24(25)26)18-11-6-9-16-7-3-4-10-17(16)18/h3-13,21,23H,2,14H2,1H3. The third-order valence-corrected chi connectivity index (χ3v) is 5.12. The van der Waals surface area contributed by atoms with E-state index in [-0.39, 0.29) is 17.4 Å². The molecule has 0 amide bonds. The van der Waals surface area contributed by atoms with Gasteiger partial charge in [0.05, 0.1) is 5.92 Å². The molecule has 0 aliphatic carbocycles. The maximum atomic E-state index is 11.5. The van der Waals surface area contributed by atoms with Crippen LogP contribution in [0.4, 0.5) is 0 Å². The number of nitrogens with zero attached hydrogens (tertiary/aromatic N) is 1. The fourth-order valence-electron chi connectivity index (χ4n) is 3.89. The van der Waals surface area contributed by atoms with Crippen LogP contribution in [0.2, 0.25) is 0 Å². The maximum Gasteiger partial charge on any atom is 0.214 e. The van der Waals surface area contributed by atoms with Crippen molar-refractivity contribution in [2.45, 2.75) is 19.3 Å². The van der Waals surface area contributed by atoms with Crippen molar-refractivity contribution in [3.63, 3.8) is 0 Å². The number of hydrogen-bond donors (Lipinski definition) is 1. The lowest BCUT2D eigenvalue weighted by atomic mass is 9.87. The van der Waals surface area contributed by atoms with Crippen molar-refractivity contribution in [3.05, 3.63) is 93.7 Å². The number of nitrogens with one attached hydrogen (secondary N) is 1. The molecule has 1 N–H and O–H groups in total. The minimum atomic E-state index is -0.294. The van der Waals surface area contributed by atoms with Gasteiger partial charge in [-0.05, 0) is 33.9 Å². The van der Waals surface area contributed by atoms with E-state index in [0.717, 1.165) is 39.2 Å². The predicted molar refractivity (Wildman–Crippen MR) is 105 cm³/mol. The number of nitro groups is 1. The summed E-state index contributed by atoms with van der Waals surface area (Å²) in [5.41, 5.74) is 4.30. The lowest BCUT2D eigenvalue weighted by Crippen LogP contribution is -2.14. The van der Waals surface area contributed by atoms with Gasteiger partial charge in [0.25, 0.3) is 0 Å². The Morgan fingerprint density at radius 1 is 0.962 bits per heavy atom. The Hall–Kier alpha value is -3.14. The summed E-state index contributed by atoms with van der Waals surface area (Å²) in [5.74, 6) is -0.294. The molecule has 4 nitrogen and oxygen atoms in total. The molecular formula is C22H20N2O2. The maximum absolute atomic E-state index is 11.5. The Labute approximate surface area is 151 Å². The van der Waals surface area contributed by atoms with Crippen molar-refractivity contribution in [3.8, 4) is 0 Å². The summed E-state index contributed by atoms with van der Waals surface area (Å²) < 4.78 is 0. The van der Waals surface area contributed by atoms with Crippen molar-refractivity contribution in [1.29, 1.82) is 0 Å². The number of rotatable bonds is 5. The van der Waals surface area contributed by atoms with Crippen LogP contribution in [-0.4, -0.2) is 16.5 Å². The number of hydrogen-bond acceptors (Lipinski definition) is 2. The monoisotopic (exact) mass is 344 g/mol. The van der Waals surface area contributed by atoms with Gasteiger partial charge in [0.15, 0.2) is 0 Å². The molecule has 0 radical (unpaired) electrons. The first-order valence-electron chi connectivity index (χ1n) is 8.87. The number of aromatic amines is 1. The van der Waals surface area contributed by atoms with E-state index in [2.05, 4.69) is 24.0 Å².